The number of hydrogen-bond donors (Lipinski definition) is 1. The Balaban J connectivity index is 2.37. The molecule has 0 aliphatic rings. The molecule has 5 heteroatoms. The summed E-state index contributed by atoms with van der Waals surface area (Å²) >= 11 is 0. The molecule has 20 heavy (non-hydrogen) atoms. The van der Waals surface area contributed by atoms with E-state index in [4.69, 9.17) is 0 Å². The number of benzene rings is 1. The van der Waals surface area contributed by atoms with Crippen LogP contribution in [0, 0.1) is 0 Å². The van der Waals surface area contributed by atoms with Gasteiger partial charge in [-0.15, -0.1) is 5.10 Å². The molecule has 2 rings (SSSR count). The van der Waals surface area contributed by atoms with Gasteiger partial charge in [-0.2, -0.15) is 4.68 Å². The first-order valence-corrected chi connectivity index (χ1v) is 7.26. The maximum atomic E-state index is 4.19. The lowest BCUT2D eigenvalue weighted by atomic mass is 10.0. The SMILES string of the molecule is CCCNC(C)c1nnnn1-c1ccccc1C(C)C. The van der Waals surface area contributed by atoms with Gasteiger partial charge in [0.25, 0.3) is 0 Å². The van der Waals surface area contributed by atoms with Crippen LogP contribution in [0.5, 0.6) is 0 Å². The average molecular weight is 273 g/mol. The van der Waals surface area contributed by atoms with Crippen LogP contribution >= 0.6 is 0 Å². The summed E-state index contributed by atoms with van der Waals surface area (Å²) in [7, 11) is 0. The molecule has 1 heterocycles. The summed E-state index contributed by atoms with van der Waals surface area (Å²) in [5, 5.41) is 15.6. The van der Waals surface area contributed by atoms with E-state index in [0.29, 0.717) is 5.92 Å². The van der Waals surface area contributed by atoms with Gasteiger partial charge in [-0.3, -0.25) is 0 Å². The zero-order chi connectivity index (χ0) is 14.5. The van der Waals surface area contributed by atoms with Crippen LogP contribution in [0.2, 0.25) is 0 Å². The highest BCUT2D eigenvalue weighted by atomic mass is 15.5. The fraction of sp³-hybridized carbons (Fsp3) is 0.533. The van der Waals surface area contributed by atoms with Crippen LogP contribution in [0.4, 0.5) is 0 Å². The largest absolute Gasteiger partial charge is 0.307 e. The Morgan fingerprint density at radius 1 is 1.20 bits per heavy atom. The van der Waals surface area contributed by atoms with Gasteiger partial charge in [-0.1, -0.05) is 39.0 Å². The van der Waals surface area contributed by atoms with Crippen molar-refractivity contribution in [2.24, 2.45) is 0 Å². The summed E-state index contributed by atoms with van der Waals surface area (Å²) in [5.41, 5.74) is 2.32. The van der Waals surface area contributed by atoms with Crippen molar-refractivity contribution in [1.29, 1.82) is 0 Å². The molecule has 1 aromatic heterocycles. The minimum Gasteiger partial charge on any atom is -0.307 e. The van der Waals surface area contributed by atoms with Crippen LogP contribution in [0.25, 0.3) is 5.69 Å². The molecule has 1 unspecified atom stereocenters. The third kappa shape index (κ3) is 3.04. The van der Waals surface area contributed by atoms with E-state index in [1.54, 1.807) is 0 Å². The van der Waals surface area contributed by atoms with Gasteiger partial charge < -0.3 is 5.32 Å². The maximum absolute atomic E-state index is 4.19. The van der Waals surface area contributed by atoms with E-state index in [-0.39, 0.29) is 6.04 Å². The molecule has 0 fully saturated rings. The number of hydrogen-bond acceptors (Lipinski definition) is 4. The Morgan fingerprint density at radius 2 is 1.95 bits per heavy atom. The molecule has 0 aliphatic carbocycles. The van der Waals surface area contributed by atoms with E-state index >= 15 is 0 Å². The zero-order valence-corrected chi connectivity index (χ0v) is 12.7. The van der Waals surface area contributed by atoms with Crippen LogP contribution < -0.4 is 5.32 Å². The molecule has 0 saturated heterocycles. The summed E-state index contributed by atoms with van der Waals surface area (Å²) in [6.07, 6.45) is 1.09. The summed E-state index contributed by atoms with van der Waals surface area (Å²) in [6.45, 7) is 9.57. The van der Waals surface area contributed by atoms with E-state index in [2.05, 4.69) is 66.7 Å². The van der Waals surface area contributed by atoms with E-state index in [1.807, 2.05) is 10.7 Å². The highest BCUT2D eigenvalue weighted by Gasteiger charge is 2.17. The van der Waals surface area contributed by atoms with Crippen LogP contribution in [-0.4, -0.2) is 26.8 Å². The fourth-order valence-electron chi connectivity index (χ4n) is 2.26. The van der Waals surface area contributed by atoms with E-state index in [0.717, 1.165) is 24.5 Å². The first-order valence-electron chi connectivity index (χ1n) is 7.26. The summed E-state index contributed by atoms with van der Waals surface area (Å²) in [5.74, 6) is 1.29. The summed E-state index contributed by atoms with van der Waals surface area (Å²) < 4.78 is 1.85. The molecule has 5 nitrogen and oxygen atoms in total. The predicted octanol–water partition coefficient (Wildman–Crippen LogP) is 2.85. The number of aromatic nitrogens is 4. The lowest BCUT2D eigenvalue weighted by Gasteiger charge is -2.16. The predicted molar refractivity (Wildman–Crippen MR) is 80.0 cm³/mol. The van der Waals surface area contributed by atoms with E-state index < -0.39 is 0 Å². The van der Waals surface area contributed by atoms with Crippen molar-refractivity contribution in [2.45, 2.75) is 46.1 Å². The van der Waals surface area contributed by atoms with Gasteiger partial charge in [0, 0.05) is 0 Å². The Bertz CT molecular complexity index is 547. The molecule has 0 amide bonds. The smallest absolute Gasteiger partial charge is 0.173 e. The third-order valence-electron chi connectivity index (χ3n) is 3.37. The van der Waals surface area contributed by atoms with Gasteiger partial charge in [0.2, 0.25) is 0 Å². The highest BCUT2D eigenvalue weighted by Crippen LogP contribution is 2.24. The standard InChI is InChI=1S/C15H23N5/c1-5-10-16-12(4)15-17-18-19-20(15)14-9-7-6-8-13(14)11(2)3/h6-9,11-12,16H,5,10H2,1-4H3. The molecule has 0 spiro atoms. The number of nitrogens with one attached hydrogen (secondary N) is 1. The van der Waals surface area contributed by atoms with Gasteiger partial charge in [-0.05, 0) is 47.9 Å². The second-order valence-corrected chi connectivity index (χ2v) is 5.34. The molecule has 0 aliphatic heterocycles. The molecular formula is C15H23N5. The first kappa shape index (κ1) is 14.7. The average Bonchev–Trinajstić information content (AvgIpc) is 2.94. The Hall–Kier alpha value is -1.75. The number of rotatable bonds is 6. The van der Waals surface area contributed by atoms with Crippen LogP contribution in [-0.2, 0) is 0 Å². The highest BCUT2D eigenvalue weighted by molar-refractivity contribution is 5.42. The molecule has 1 N–H and O–H groups in total. The van der Waals surface area contributed by atoms with Gasteiger partial charge in [-0.25, -0.2) is 0 Å². The lowest BCUT2D eigenvalue weighted by Crippen LogP contribution is -2.23. The molecule has 2 aromatic rings. The third-order valence-corrected chi connectivity index (χ3v) is 3.37. The van der Waals surface area contributed by atoms with Crippen molar-refractivity contribution in [3.63, 3.8) is 0 Å². The lowest BCUT2D eigenvalue weighted by molar-refractivity contribution is 0.530. The number of tetrazole rings is 1. The second kappa shape index (κ2) is 6.61. The van der Waals surface area contributed by atoms with Crippen molar-refractivity contribution in [3.8, 4) is 5.69 Å². The van der Waals surface area contributed by atoms with Gasteiger partial charge in [0.15, 0.2) is 5.82 Å². The minimum absolute atomic E-state index is 0.130. The number of nitrogens with zero attached hydrogens (tertiary/aromatic N) is 4. The minimum atomic E-state index is 0.130. The molecule has 0 bridgehead atoms. The zero-order valence-electron chi connectivity index (χ0n) is 12.7. The summed E-state index contributed by atoms with van der Waals surface area (Å²) in [6, 6.07) is 8.42. The Kier molecular flexibility index (Phi) is 4.84. The molecule has 0 radical (unpaired) electrons. The molecule has 1 aromatic carbocycles. The van der Waals surface area contributed by atoms with Crippen LogP contribution in [0.3, 0.4) is 0 Å². The van der Waals surface area contributed by atoms with Crippen molar-refractivity contribution in [1.82, 2.24) is 25.5 Å². The van der Waals surface area contributed by atoms with Gasteiger partial charge >= 0.3 is 0 Å². The monoisotopic (exact) mass is 273 g/mol. The van der Waals surface area contributed by atoms with Gasteiger partial charge in [0.05, 0.1) is 11.7 Å². The van der Waals surface area contributed by atoms with Crippen molar-refractivity contribution in [2.75, 3.05) is 6.54 Å². The first-order chi connectivity index (χ1) is 9.65. The Labute approximate surface area is 120 Å². The molecule has 0 saturated carbocycles. The normalized spacial score (nSPS) is 12.8. The summed E-state index contributed by atoms with van der Waals surface area (Å²) in [4.78, 5) is 0. The van der Waals surface area contributed by atoms with Crippen molar-refractivity contribution < 1.29 is 0 Å². The molecule has 108 valence electrons. The quantitative estimate of drug-likeness (QED) is 0.879. The second-order valence-electron chi connectivity index (χ2n) is 5.34. The fourth-order valence-corrected chi connectivity index (χ4v) is 2.26. The Morgan fingerprint density at radius 3 is 2.65 bits per heavy atom. The van der Waals surface area contributed by atoms with E-state index in [9.17, 15) is 0 Å². The molecular weight excluding hydrogens is 250 g/mol. The number of para-hydroxylation sites is 1. The van der Waals surface area contributed by atoms with Crippen LogP contribution in [0.15, 0.2) is 24.3 Å². The maximum Gasteiger partial charge on any atom is 0.173 e. The van der Waals surface area contributed by atoms with E-state index in [1.165, 1.54) is 5.56 Å². The molecule has 1 atom stereocenters. The van der Waals surface area contributed by atoms with Crippen molar-refractivity contribution in [3.05, 3.63) is 35.7 Å². The van der Waals surface area contributed by atoms with Crippen LogP contribution in [0.1, 0.15) is 57.5 Å². The van der Waals surface area contributed by atoms with Crippen molar-refractivity contribution >= 4 is 0 Å². The topological polar surface area (TPSA) is 55.6 Å². The van der Waals surface area contributed by atoms with Gasteiger partial charge in [0.1, 0.15) is 0 Å².